The van der Waals surface area contributed by atoms with Crippen molar-refractivity contribution < 1.29 is 0 Å². The molecular weight excluding hydrogens is 162 g/mol. The van der Waals surface area contributed by atoms with Crippen LogP contribution in [0.15, 0.2) is 45.1 Å². The molecule has 3 aliphatic rings. The molecule has 0 saturated heterocycles. The SMILES string of the molecule is C1=CC2=C(NC1)C1=CC=NC1N=C2. The zero-order valence-electron chi connectivity index (χ0n) is 7.07. The van der Waals surface area contributed by atoms with E-state index in [1.807, 2.05) is 18.5 Å². The minimum atomic E-state index is 0.0118. The van der Waals surface area contributed by atoms with Gasteiger partial charge in [-0.1, -0.05) is 12.2 Å². The van der Waals surface area contributed by atoms with Crippen molar-refractivity contribution in [3.8, 4) is 0 Å². The fourth-order valence-electron chi connectivity index (χ4n) is 1.76. The molecule has 3 nitrogen and oxygen atoms in total. The summed E-state index contributed by atoms with van der Waals surface area (Å²) in [5.74, 6) is 0. The van der Waals surface area contributed by atoms with Crippen LogP contribution >= 0.6 is 0 Å². The van der Waals surface area contributed by atoms with Crippen molar-refractivity contribution in [2.75, 3.05) is 6.54 Å². The van der Waals surface area contributed by atoms with Crippen LogP contribution in [0.4, 0.5) is 0 Å². The van der Waals surface area contributed by atoms with Gasteiger partial charge in [-0.25, -0.2) is 0 Å². The van der Waals surface area contributed by atoms with Gasteiger partial charge in [0.15, 0.2) is 6.17 Å². The second-order valence-electron chi connectivity index (χ2n) is 3.19. The Labute approximate surface area is 76.3 Å². The van der Waals surface area contributed by atoms with Crippen LogP contribution in [0.5, 0.6) is 0 Å². The molecule has 1 unspecified atom stereocenters. The summed E-state index contributed by atoms with van der Waals surface area (Å²) in [7, 11) is 0. The Kier molecular flexibility index (Phi) is 1.27. The van der Waals surface area contributed by atoms with E-state index in [0.717, 1.165) is 6.54 Å². The Hall–Kier alpha value is -1.64. The van der Waals surface area contributed by atoms with E-state index < -0.39 is 0 Å². The molecule has 13 heavy (non-hydrogen) atoms. The largest absolute Gasteiger partial charge is 0.381 e. The summed E-state index contributed by atoms with van der Waals surface area (Å²) in [5.41, 5.74) is 3.56. The standard InChI is InChI=1S/C10H9N3/c1-2-7-6-13-10-8(3-5-12-10)9(7)11-4-1/h1-3,5-6,10-11H,4H2. The number of nitrogens with zero attached hydrogens (tertiary/aromatic N) is 2. The van der Waals surface area contributed by atoms with Crippen molar-refractivity contribution >= 4 is 12.4 Å². The molecule has 0 aromatic carbocycles. The Morgan fingerprint density at radius 2 is 2.38 bits per heavy atom. The molecular formula is C10H9N3. The Morgan fingerprint density at radius 1 is 1.38 bits per heavy atom. The lowest BCUT2D eigenvalue weighted by atomic mass is 10.0. The maximum Gasteiger partial charge on any atom is 0.167 e. The van der Waals surface area contributed by atoms with Gasteiger partial charge in [0, 0.05) is 30.1 Å². The van der Waals surface area contributed by atoms with E-state index in [0.29, 0.717) is 0 Å². The molecule has 3 heterocycles. The number of dihydropyridines is 2. The number of fused-ring (bicyclic) bond motifs is 2. The Balaban J connectivity index is 2.12. The van der Waals surface area contributed by atoms with Crippen LogP contribution in [-0.4, -0.2) is 25.1 Å². The quantitative estimate of drug-likeness (QED) is 0.575. The molecule has 0 aromatic heterocycles. The molecule has 0 aromatic rings. The van der Waals surface area contributed by atoms with Crippen molar-refractivity contribution in [3.05, 3.63) is 35.1 Å². The maximum atomic E-state index is 4.34. The smallest absolute Gasteiger partial charge is 0.167 e. The first-order valence-electron chi connectivity index (χ1n) is 4.37. The molecule has 0 aliphatic carbocycles. The van der Waals surface area contributed by atoms with E-state index in [9.17, 15) is 0 Å². The topological polar surface area (TPSA) is 36.8 Å². The number of aliphatic imine (C=N–C) groups is 2. The number of allylic oxidation sites excluding steroid dienone is 3. The van der Waals surface area contributed by atoms with Crippen LogP contribution in [0.25, 0.3) is 0 Å². The minimum absolute atomic E-state index is 0.0118. The first-order chi connectivity index (χ1) is 6.45. The van der Waals surface area contributed by atoms with Crippen LogP contribution < -0.4 is 5.32 Å². The van der Waals surface area contributed by atoms with Crippen molar-refractivity contribution in [2.24, 2.45) is 9.98 Å². The zero-order valence-corrected chi connectivity index (χ0v) is 7.07. The zero-order chi connectivity index (χ0) is 8.67. The Bertz CT molecular complexity index is 396. The van der Waals surface area contributed by atoms with E-state index >= 15 is 0 Å². The van der Waals surface area contributed by atoms with Crippen molar-refractivity contribution in [2.45, 2.75) is 6.17 Å². The summed E-state index contributed by atoms with van der Waals surface area (Å²) in [4.78, 5) is 8.57. The molecule has 0 saturated carbocycles. The number of nitrogens with one attached hydrogen (secondary N) is 1. The summed E-state index contributed by atoms with van der Waals surface area (Å²) in [6.07, 6.45) is 9.96. The normalized spacial score (nSPS) is 28.3. The Morgan fingerprint density at radius 3 is 3.38 bits per heavy atom. The third-order valence-corrected chi connectivity index (χ3v) is 2.39. The van der Waals surface area contributed by atoms with Gasteiger partial charge in [0.1, 0.15) is 0 Å². The molecule has 0 spiro atoms. The highest BCUT2D eigenvalue weighted by molar-refractivity contribution is 5.90. The van der Waals surface area contributed by atoms with Crippen molar-refractivity contribution in [3.63, 3.8) is 0 Å². The number of rotatable bonds is 0. The molecule has 3 heteroatoms. The molecule has 0 fully saturated rings. The van der Waals surface area contributed by atoms with E-state index in [-0.39, 0.29) is 6.17 Å². The highest BCUT2D eigenvalue weighted by Crippen LogP contribution is 2.27. The predicted molar refractivity (Wildman–Crippen MR) is 53.0 cm³/mol. The monoisotopic (exact) mass is 171 g/mol. The van der Waals surface area contributed by atoms with Gasteiger partial charge in [-0.05, 0) is 6.08 Å². The van der Waals surface area contributed by atoms with Crippen LogP contribution in [0.3, 0.4) is 0 Å². The van der Waals surface area contributed by atoms with Gasteiger partial charge in [0.05, 0.1) is 5.70 Å². The summed E-state index contributed by atoms with van der Waals surface area (Å²) in [5, 5.41) is 3.35. The van der Waals surface area contributed by atoms with Gasteiger partial charge in [-0.3, -0.25) is 9.98 Å². The fourth-order valence-corrected chi connectivity index (χ4v) is 1.76. The summed E-state index contributed by atoms with van der Waals surface area (Å²) >= 11 is 0. The molecule has 0 bridgehead atoms. The summed E-state index contributed by atoms with van der Waals surface area (Å²) in [6, 6.07) is 0. The first-order valence-corrected chi connectivity index (χ1v) is 4.37. The average Bonchev–Trinajstić information content (AvgIpc) is 2.65. The second kappa shape index (κ2) is 2.42. The van der Waals surface area contributed by atoms with E-state index in [4.69, 9.17) is 0 Å². The minimum Gasteiger partial charge on any atom is -0.381 e. The van der Waals surface area contributed by atoms with Gasteiger partial charge in [0.25, 0.3) is 0 Å². The molecule has 0 amide bonds. The van der Waals surface area contributed by atoms with Crippen molar-refractivity contribution in [1.82, 2.24) is 5.32 Å². The number of hydrogen-bond donors (Lipinski definition) is 1. The van der Waals surface area contributed by atoms with Crippen LogP contribution in [0.1, 0.15) is 0 Å². The predicted octanol–water partition coefficient (Wildman–Crippen LogP) is 0.821. The van der Waals surface area contributed by atoms with Gasteiger partial charge in [0.2, 0.25) is 0 Å². The van der Waals surface area contributed by atoms with Crippen LogP contribution in [0.2, 0.25) is 0 Å². The van der Waals surface area contributed by atoms with Gasteiger partial charge >= 0.3 is 0 Å². The lowest BCUT2D eigenvalue weighted by Crippen LogP contribution is -2.26. The van der Waals surface area contributed by atoms with Gasteiger partial charge in [-0.15, -0.1) is 0 Å². The molecule has 3 aliphatic heterocycles. The average molecular weight is 171 g/mol. The second-order valence-corrected chi connectivity index (χ2v) is 3.19. The van der Waals surface area contributed by atoms with E-state index in [1.165, 1.54) is 16.8 Å². The third-order valence-electron chi connectivity index (χ3n) is 2.39. The maximum absolute atomic E-state index is 4.34. The van der Waals surface area contributed by atoms with Crippen LogP contribution in [-0.2, 0) is 0 Å². The third kappa shape index (κ3) is 0.900. The molecule has 64 valence electrons. The first kappa shape index (κ1) is 6.83. The molecule has 0 radical (unpaired) electrons. The lowest BCUT2D eigenvalue weighted by Gasteiger charge is -2.22. The van der Waals surface area contributed by atoms with Crippen molar-refractivity contribution in [1.29, 1.82) is 0 Å². The molecule has 1 atom stereocenters. The lowest BCUT2D eigenvalue weighted by molar-refractivity contribution is 0.784. The fraction of sp³-hybridized carbons (Fsp3) is 0.200. The van der Waals surface area contributed by atoms with E-state index in [1.54, 1.807) is 0 Å². The van der Waals surface area contributed by atoms with Crippen LogP contribution in [0, 0.1) is 0 Å². The summed E-state index contributed by atoms with van der Waals surface area (Å²) in [6.45, 7) is 0.900. The highest BCUT2D eigenvalue weighted by atomic mass is 15.0. The van der Waals surface area contributed by atoms with Gasteiger partial charge < -0.3 is 5.32 Å². The van der Waals surface area contributed by atoms with E-state index in [2.05, 4.69) is 27.5 Å². The molecule has 3 rings (SSSR count). The highest BCUT2D eigenvalue weighted by Gasteiger charge is 2.24. The number of hydrogen-bond acceptors (Lipinski definition) is 3. The molecule has 1 N–H and O–H groups in total. The summed E-state index contributed by atoms with van der Waals surface area (Å²) < 4.78 is 0. The van der Waals surface area contributed by atoms with Gasteiger partial charge in [-0.2, -0.15) is 0 Å².